The van der Waals surface area contributed by atoms with Crippen LogP contribution in [0.15, 0.2) is 12.1 Å². The first-order chi connectivity index (χ1) is 9.54. The van der Waals surface area contributed by atoms with E-state index in [2.05, 4.69) is 24.6 Å². The van der Waals surface area contributed by atoms with Crippen LogP contribution in [0.25, 0.3) is 0 Å². The van der Waals surface area contributed by atoms with Gasteiger partial charge in [-0.3, -0.25) is 0 Å². The second kappa shape index (κ2) is 5.66. The van der Waals surface area contributed by atoms with Crippen molar-refractivity contribution in [2.75, 3.05) is 5.75 Å². The molecule has 2 atom stereocenters. The van der Waals surface area contributed by atoms with Crippen LogP contribution in [0, 0.1) is 11.7 Å². The lowest BCUT2D eigenvalue weighted by molar-refractivity contribution is 0.543. The highest BCUT2D eigenvalue weighted by atomic mass is 32.2. The van der Waals surface area contributed by atoms with Crippen LogP contribution in [0.1, 0.15) is 61.8 Å². The molecule has 2 aliphatic carbocycles. The third-order valence-electron chi connectivity index (χ3n) is 4.12. The molecule has 2 aliphatic rings. The van der Waals surface area contributed by atoms with E-state index in [0.717, 1.165) is 29.5 Å². The zero-order valence-electron chi connectivity index (χ0n) is 12.1. The Balaban J connectivity index is 1.78. The van der Waals surface area contributed by atoms with Gasteiger partial charge < -0.3 is 4.55 Å². The fraction of sp³-hybridized carbons (Fsp3) is 0.625. The third-order valence-corrected chi connectivity index (χ3v) is 5.63. The van der Waals surface area contributed by atoms with Crippen LogP contribution >= 0.6 is 0 Å². The van der Waals surface area contributed by atoms with E-state index in [1.165, 1.54) is 12.8 Å². The van der Waals surface area contributed by atoms with Crippen molar-refractivity contribution in [3.8, 4) is 0 Å². The van der Waals surface area contributed by atoms with Crippen molar-refractivity contribution in [3.63, 3.8) is 0 Å². The van der Waals surface area contributed by atoms with E-state index in [4.69, 9.17) is 0 Å². The molecule has 2 nitrogen and oxygen atoms in total. The predicted molar refractivity (Wildman–Crippen MR) is 80.4 cm³/mol. The first kappa shape index (κ1) is 14.4. The van der Waals surface area contributed by atoms with Crippen molar-refractivity contribution in [1.29, 1.82) is 0 Å². The summed E-state index contributed by atoms with van der Waals surface area (Å²) in [6.45, 7) is 4.13. The molecule has 1 aromatic carbocycles. The van der Waals surface area contributed by atoms with E-state index >= 15 is 0 Å². The molecule has 1 unspecified atom stereocenters. The van der Waals surface area contributed by atoms with Crippen LogP contribution in [0.3, 0.4) is 0 Å². The molecular weight excluding hydrogens is 273 g/mol. The van der Waals surface area contributed by atoms with Crippen molar-refractivity contribution < 1.29 is 8.94 Å². The van der Waals surface area contributed by atoms with Gasteiger partial charge in [0.25, 0.3) is 0 Å². The lowest BCUT2D eigenvalue weighted by Crippen LogP contribution is -2.31. The number of benzene rings is 1. The van der Waals surface area contributed by atoms with Gasteiger partial charge in [0, 0.05) is 11.4 Å². The zero-order chi connectivity index (χ0) is 14.3. The second-order valence-electron chi connectivity index (χ2n) is 6.46. The molecule has 0 bridgehead atoms. The summed E-state index contributed by atoms with van der Waals surface area (Å²) in [6, 6.07) is 3.91. The molecule has 0 aromatic heterocycles. The lowest BCUT2D eigenvalue weighted by Gasteiger charge is -2.19. The molecule has 0 saturated heterocycles. The molecule has 0 aliphatic heterocycles. The van der Waals surface area contributed by atoms with Gasteiger partial charge in [-0.25, -0.2) is 4.39 Å². The van der Waals surface area contributed by atoms with Crippen LogP contribution in [-0.4, -0.2) is 10.3 Å². The van der Waals surface area contributed by atoms with Crippen LogP contribution in [-0.2, 0) is 17.8 Å². The molecular formula is C16H22FNOS. The van der Waals surface area contributed by atoms with E-state index in [9.17, 15) is 8.94 Å². The van der Waals surface area contributed by atoms with Gasteiger partial charge in [0.05, 0.1) is 6.04 Å². The molecule has 1 fully saturated rings. The summed E-state index contributed by atoms with van der Waals surface area (Å²) in [6.07, 6.45) is 3.96. The summed E-state index contributed by atoms with van der Waals surface area (Å²) in [5.41, 5.74) is 3.00. The fourth-order valence-corrected chi connectivity index (χ4v) is 4.25. The van der Waals surface area contributed by atoms with E-state index < -0.39 is 11.4 Å². The summed E-state index contributed by atoms with van der Waals surface area (Å²) in [4.78, 5) is 0. The van der Waals surface area contributed by atoms with Gasteiger partial charge >= 0.3 is 0 Å². The monoisotopic (exact) mass is 295 g/mol. The molecule has 0 amide bonds. The van der Waals surface area contributed by atoms with E-state index in [0.29, 0.717) is 17.6 Å². The van der Waals surface area contributed by atoms with Gasteiger partial charge in [0.2, 0.25) is 0 Å². The summed E-state index contributed by atoms with van der Waals surface area (Å²) >= 11 is -1.03. The molecule has 1 aromatic rings. The van der Waals surface area contributed by atoms with E-state index in [1.54, 1.807) is 6.07 Å². The first-order valence-corrected chi connectivity index (χ1v) is 8.83. The van der Waals surface area contributed by atoms with Crippen molar-refractivity contribution in [2.45, 2.75) is 51.5 Å². The van der Waals surface area contributed by atoms with Gasteiger partial charge in [-0.2, -0.15) is 0 Å². The van der Waals surface area contributed by atoms with Crippen molar-refractivity contribution in [2.24, 2.45) is 5.92 Å². The Kier molecular flexibility index (Phi) is 4.07. The van der Waals surface area contributed by atoms with Crippen LogP contribution in [0.5, 0.6) is 0 Å². The van der Waals surface area contributed by atoms with Gasteiger partial charge in [0.1, 0.15) is 11.6 Å². The minimum absolute atomic E-state index is 0.0535. The van der Waals surface area contributed by atoms with Gasteiger partial charge in [-0.1, -0.05) is 19.9 Å². The third kappa shape index (κ3) is 3.02. The molecule has 1 saturated carbocycles. The van der Waals surface area contributed by atoms with Gasteiger partial charge in [-0.05, 0) is 60.3 Å². The van der Waals surface area contributed by atoms with E-state index in [-0.39, 0.29) is 11.9 Å². The topological polar surface area (TPSA) is 35.1 Å². The molecule has 1 N–H and O–H groups in total. The number of hydrogen-bond donors (Lipinski definition) is 1. The normalized spacial score (nSPS) is 23.1. The molecule has 0 radical (unpaired) electrons. The Morgan fingerprint density at radius 2 is 2.10 bits per heavy atom. The summed E-state index contributed by atoms with van der Waals surface area (Å²) in [5.74, 6) is 1.54. The zero-order valence-corrected chi connectivity index (χ0v) is 12.9. The Hall–Kier alpha value is -0.580. The highest BCUT2D eigenvalue weighted by molar-refractivity contribution is 7.89. The number of nitrogens with one attached hydrogen (secondary N) is 1. The number of hydrogen-bond acceptors (Lipinski definition) is 2. The highest BCUT2D eigenvalue weighted by Crippen LogP contribution is 2.43. The smallest absolute Gasteiger partial charge is 0.127 e. The van der Waals surface area contributed by atoms with Gasteiger partial charge in [-0.15, -0.1) is 4.72 Å². The minimum Gasteiger partial charge on any atom is -0.598 e. The minimum atomic E-state index is -1.03. The maximum Gasteiger partial charge on any atom is 0.127 e. The SMILES string of the molecule is CC(C)C[S+]([O-])N[C@@H]1CCc2c(F)cc(C3CC3)cc21. The molecule has 0 heterocycles. The second-order valence-corrected chi connectivity index (χ2v) is 7.72. The maximum atomic E-state index is 14.2. The Morgan fingerprint density at radius 1 is 1.35 bits per heavy atom. The standard InChI is InChI=1S/C16H22FNOS/c1-10(2)9-20(19)18-16-6-5-13-14(16)7-12(8-15(13)17)11-3-4-11/h7-8,10-11,16,18H,3-6,9H2,1-2H3/t16-,20?/m1/s1. The van der Waals surface area contributed by atoms with Crippen molar-refractivity contribution in [3.05, 3.63) is 34.6 Å². The highest BCUT2D eigenvalue weighted by Gasteiger charge is 2.32. The van der Waals surface area contributed by atoms with Gasteiger partial charge in [0.15, 0.2) is 0 Å². The van der Waals surface area contributed by atoms with E-state index in [1.807, 2.05) is 0 Å². The van der Waals surface area contributed by atoms with Crippen LogP contribution in [0.4, 0.5) is 4.39 Å². The number of rotatable bonds is 5. The average Bonchev–Trinajstić information content (AvgIpc) is 3.12. The molecule has 110 valence electrons. The largest absolute Gasteiger partial charge is 0.598 e. The van der Waals surface area contributed by atoms with Crippen molar-refractivity contribution in [1.82, 2.24) is 4.72 Å². The Morgan fingerprint density at radius 3 is 2.75 bits per heavy atom. The average molecular weight is 295 g/mol. The Bertz CT molecular complexity index is 501. The fourth-order valence-electron chi connectivity index (χ4n) is 2.98. The Labute approximate surface area is 123 Å². The first-order valence-electron chi connectivity index (χ1n) is 7.51. The molecule has 4 heteroatoms. The summed E-state index contributed by atoms with van der Waals surface area (Å²) in [5, 5.41) is 0. The van der Waals surface area contributed by atoms with Crippen molar-refractivity contribution >= 4 is 11.4 Å². The lowest BCUT2D eigenvalue weighted by atomic mass is 10.0. The summed E-state index contributed by atoms with van der Waals surface area (Å²) in [7, 11) is 0. The number of halogens is 1. The number of fused-ring (bicyclic) bond motifs is 1. The quantitative estimate of drug-likeness (QED) is 0.842. The maximum absolute atomic E-state index is 14.2. The van der Waals surface area contributed by atoms with Crippen LogP contribution in [0.2, 0.25) is 0 Å². The predicted octanol–water partition coefficient (Wildman–Crippen LogP) is 3.60. The molecule has 20 heavy (non-hydrogen) atoms. The summed E-state index contributed by atoms with van der Waals surface area (Å²) < 4.78 is 29.4. The molecule has 3 rings (SSSR count). The van der Waals surface area contributed by atoms with Crippen LogP contribution < -0.4 is 4.72 Å². The molecule has 0 spiro atoms.